The van der Waals surface area contributed by atoms with Crippen molar-refractivity contribution in [2.24, 2.45) is 5.92 Å². The fourth-order valence-corrected chi connectivity index (χ4v) is 2.75. The van der Waals surface area contributed by atoms with Crippen molar-refractivity contribution in [2.75, 3.05) is 13.1 Å². The number of carboxylic acid groups (broad SMARTS) is 1. The second-order valence-corrected chi connectivity index (χ2v) is 5.52. The molecule has 3 rings (SSSR count). The minimum Gasteiger partial charge on any atom is -0.481 e. The first-order valence-corrected chi connectivity index (χ1v) is 7.35. The number of nitrogens with zero attached hydrogens (tertiary/aromatic N) is 1. The molecule has 2 aromatic heterocycles. The number of aromatic nitrogens is 1. The molecule has 1 aliphatic rings. The zero-order valence-electron chi connectivity index (χ0n) is 12.3. The van der Waals surface area contributed by atoms with Gasteiger partial charge in [-0.3, -0.25) is 14.4 Å². The lowest BCUT2D eigenvalue weighted by Crippen LogP contribution is -2.43. The topological polar surface area (TPSA) is 104 Å². The van der Waals surface area contributed by atoms with E-state index in [1.807, 2.05) is 0 Å². The lowest BCUT2D eigenvalue weighted by Gasteiger charge is -2.30. The van der Waals surface area contributed by atoms with Gasteiger partial charge in [0.05, 0.1) is 17.9 Å². The third-order valence-corrected chi connectivity index (χ3v) is 3.98. The van der Waals surface area contributed by atoms with Crippen LogP contribution in [0.25, 0.3) is 11.5 Å². The first kappa shape index (κ1) is 15.1. The number of rotatable bonds is 3. The number of hydrogen-bond acceptors (Lipinski definition) is 4. The number of carbonyl (C=O) groups is 2. The summed E-state index contributed by atoms with van der Waals surface area (Å²) in [6.07, 6.45) is 2.66. The maximum Gasteiger partial charge on any atom is 0.308 e. The van der Waals surface area contributed by atoms with Crippen LogP contribution in [0.1, 0.15) is 23.2 Å². The van der Waals surface area contributed by atoms with E-state index in [1.165, 1.54) is 17.2 Å². The van der Waals surface area contributed by atoms with Crippen LogP contribution in [0.4, 0.5) is 0 Å². The van der Waals surface area contributed by atoms with E-state index in [2.05, 4.69) is 4.98 Å². The number of likely N-dealkylation sites (tertiary alicyclic amines) is 1. The van der Waals surface area contributed by atoms with Gasteiger partial charge in [-0.25, -0.2) is 0 Å². The van der Waals surface area contributed by atoms with E-state index in [9.17, 15) is 14.4 Å². The maximum atomic E-state index is 12.5. The molecule has 1 saturated heterocycles. The molecule has 120 valence electrons. The quantitative estimate of drug-likeness (QED) is 0.894. The molecule has 0 spiro atoms. The van der Waals surface area contributed by atoms with Gasteiger partial charge in [-0.2, -0.15) is 0 Å². The van der Waals surface area contributed by atoms with Crippen LogP contribution in [-0.4, -0.2) is 40.0 Å². The SMILES string of the molecule is O=C(O)C1CCCN(C(=O)c2ccc(-c3ccco3)[nH]c2=O)C1. The zero-order valence-corrected chi connectivity index (χ0v) is 12.3. The van der Waals surface area contributed by atoms with Crippen LogP contribution in [0, 0.1) is 5.92 Å². The van der Waals surface area contributed by atoms with Crippen LogP contribution in [0.15, 0.2) is 39.7 Å². The minimum absolute atomic E-state index is 0.00587. The fourth-order valence-electron chi connectivity index (χ4n) is 2.75. The summed E-state index contributed by atoms with van der Waals surface area (Å²) in [5, 5.41) is 9.09. The van der Waals surface area contributed by atoms with Crippen molar-refractivity contribution in [3.63, 3.8) is 0 Å². The highest BCUT2D eigenvalue weighted by Gasteiger charge is 2.29. The smallest absolute Gasteiger partial charge is 0.308 e. The monoisotopic (exact) mass is 316 g/mol. The average molecular weight is 316 g/mol. The second-order valence-electron chi connectivity index (χ2n) is 5.52. The third kappa shape index (κ3) is 3.03. The van der Waals surface area contributed by atoms with Crippen LogP contribution >= 0.6 is 0 Å². The van der Waals surface area contributed by atoms with Crippen LogP contribution < -0.4 is 5.56 Å². The molecule has 7 heteroatoms. The van der Waals surface area contributed by atoms with E-state index >= 15 is 0 Å². The van der Waals surface area contributed by atoms with Gasteiger partial charge < -0.3 is 19.4 Å². The van der Waals surface area contributed by atoms with Gasteiger partial charge >= 0.3 is 5.97 Å². The summed E-state index contributed by atoms with van der Waals surface area (Å²) < 4.78 is 5.20. The number of aliphatic carboxylic acids is 1. The summed E-state index contributed by atoms with van der Waals surface area (Å²) in [6, 6.07) is 6.46. The first-order valence-electron chi connectivity index (χ1n) is 7.35. The molecule has 1 amide bonds. The number of aromatic amines is 1. The molecule has 1 fully saturated rings. The molecule has 0 radical (unpaired) electrons. The highest BCUT2D eigenvalue weighted by atomic mass is 16.4. The Hall–Kier alpha value is -2.83. The molecule has 0 saturated carbocycles. The molecular formula is C16H16N2O5. The summed E-state index contributed by atoms with van der Waals surface area (Å²) in [4.78, 5) is 39.8. The predicted molar refractivity (Wildman–Crippen MR) is 81.0 cm³/mol. The standard InChI is InChI=1S/C16H16N2O5/c19-14-11(5-6-12(17-14)13-4-2-8-23-13)15(20)18-7-1-3-10(9-18)16(21)22/h2,4-6,8,10H,1,3,7,9H2,(H,17,19)(H,21,22). The van der Waals surface area contributed by atoms with Gasteiger partial charge in [0.1, 0.15) is 11.3 Å². The van der Waals surface area contributed by atoms with Gasteiger partial charge in [0, 0.05) is 13.1 Å². The molecule has 1 unspecified atom stereocenters. The number of amides is 1. The van der Waals surface area contributed by atoms with E-state index in [-0.39, 0.29) is 12.1 Å². The Labute approximate surface area is 131 Å². The normalized spacial score (nSPS) is 17.9. The Morgan fingerprint density at radius 3 is 2.78 bits per heavy atom. The third-order valence-electron chi connectivity index (χ3n) is 3.98. The average Bonchev–Trinajstić information content (AvgIpc) is 3.08. The lowest BCUT2D eigenvalue weighted by molar-refractivity contribution is -0.143. The molecule has 0 aliphatic carbocycles. The van der Waals surface area contributed by atoms with Crippen LogP contribution in [0.2, 0.25) is 0 Å². The van der Waals surface area contributed by atoms with Crippen molar-refractivity contribution >= 4 is 11.9 Å². The Morgan fingerprint density at radius 2 is 2.13 bits per heavy atom. The largest absolute Gasteiger partial charge is 0.481 e. The van der Waals surface area contributed by atoms with E-state index in [4.69, 9.17) is 9.52 Å². The highest BCUT2D eigenvalue weighted by Crippen LogP contribution is 2.19. The lowest BCUT2D eigenvalue weighted by atomic mass is 9.98. The molecular weight excluding hydrogens is 300 g/mol. The van der Waals surface area contributed by atoms with Gasteiger partial charge in [-0.05, 0) is 37.1 Å². The van der Waals surface area contributed by atoms with Crippen molar-refractivity contribution < 1.29 is 19.1 Å². The molecule has 0 bridgehead atoms. The van der Waals surface area contributed by atoms with E-state index in [1.54, 1.807) is 18.2 Å². The molecule has 7 nitrogen and oxygen atoms in total. The Balaban J connectivity index is 1.82. The van der Waals surface area contributed by atoms with Crippen molar-refractivity contribution in [3.8, 4) is 11.5 Å². The summed E-state index contributed by atoms with van der Waals surface area (Å²) in [5.74, 6) is -1.42. The molecule has 2 aromatic rings. The van der Waals surface area contributed by atoms with Gasteiger partial charge in [0.15, 0.2) is 0 Å². The van der Waals surface area contributed by atoms with Crippen molar-refractivity contribution in [2.45, 2.75) is 12.8 Å². The first-order chi connectivity index (χ1) is 11.1. The number of furan rings is 1. The molecule has 2 N–H and O–H groups in total. The number of piperidine rings is 1. The van der Waals surface area contributed by atoms with Crippen molar-refractivity contribution in [1.82, 2.24) is 9.88 Å². The van der Waals surface area contributed by atoms with Gasteiger partial charge in [0.25, 0.3) is 11.5 Å². The fraction of sp³-hybridized carbons (Fsp3) is 0.312. The number of hydrogen-bond donors (Lipinski definition) is 2. The number of H-pyrrole nitrogens is 1. The summed E-state index contributed by atoms with van der Waals surface area (Å²) >= 11 is 0. The van der Waals surface area contributed by atoms with Gasteiger partial charge in [-0.15, -0.1) is 0 Å². The molecule has 0 aromatic carbocycles. The minimum atomic E-state index is -0.912. The molecule has 3 heterocycles. The van der Waals surface area contributed by atoms with Crippen LogP contribution in [0.3, 0.4) is 0 Å². The number of carboxylic acids is 1. The van der Waals surface area contributed by atoms with E-state index in [0.29, 0.717) is 30.8 Å². The van der Waals surface area contributed by atoms with E-state index < -0.39 is 23.4 Å². The Morgan fingerprint density at radius 1 is 1.30 bits per heavy atom. The Bertz CT molecular complexity index is 778. The highest BCUT2D eigenvalue weighted by molar-refractivity contribution is 5.94. The molecule has 23 heavy (non-hydrogen) atoms. The van der Waals surface area contributed by atoms with Gasteiger partial charge in [0.2, 0.25) is 0 Å². The predicted octanol–water partition coefficient (Wildman–Crippen LogP) is 1.57. The summed E-state index contributed by atoms with van der Waals surface area (Å²) in [7, 11) is 0. The molecule has 1 atom stereocenters. The summed E-state index contributed by atoms with van der Waals surface area (Å²) in [6.45, 7) is 0.593. The maximum absolute atomic E-state index is 12.5. The van der Waals surface area contributed by atoms with Gasteiger partial charge in [-0.1, -0.05) is 0 Å². The number of nitrogens with one attached hydrogen (secondary N) is 1. The zero-order chi connectivity index (χ0) is 16.4. The number of carbonyl (C=O) groups excluding carboxylic acids is 1. The van der Waals surface area contributed by atoms with Crippen LogP contribution in [0.5, 0.6) is 0 Å². The van der Waals surface area contributed by atoms with Crippen LogP contribution in [-0.2, 0) is 4.79 Å². The van der Waals surface area contributed by atoms with Crippen molar-refractivity contribution in [1.29, 1.82) is 0 Å². The number of pyridine rings is 1. The molecule has 1 aliphatic heterocycles. The van der Waals surface area contributed by atoms with Crippen molar-refractivity contribution in [3.05, 3.63) is 46.4 Å². The summed E-state index contributed by atoms with van der Waals surface area (Å²) in [5.41, 5.74) is -0.0219. The second kappa shape index (κ2) is 6.12. The van der Waals surface area contributed by atoms with E-state index in [0.717, 1.165) is 0 Å². The Kier molecular flexibility index (Phi) is 4.01.